The predicted octanol–water partition coefficient (Wildman–Crippen LogP) is 4.05. The average Bonchev–Trinajstić information content (AvgIpc) is 2.42. The van der Waals surface area contributed by atoms with Crippen molar-refractivity contribution < 1.29 is 9.90 Å². The summed E-state index contributed by atoms with van der Waals surface area (Å²) < 4.78 is 0. The molecule has 0 aliphatic carbocycles. The summed E-state index contributed by atoms with van der Waals surface area (Å²) in [7, 11) is 0. The Kier molecular flexibility index (Phi) is 5.02. The second-order valence-corrected chi connectivity index (χ2v) is 6.00. The summed E-state index contributed by atoms with van der Waals surface area (Å²) in [5.41, 5.74) is 1.68. The number of anilines is 1. The molecule has 0 spiro atoms. The highest BCUT2D eigenvalue weighted by Crippen LogP contribution is 2.25. The van der Waals surface area contributed by atoms with Crippen molar-refractivity contribution in [3.63, 3.8) is 0 Å². The number of carbonyl (C=O) groups is 1. The predicted molar refractivity (Wildman–Crippen MR) is 85.8 cm³/mol. The Balaban J connectivity index is 2.17. The fourth-order valence-corrected chi connectivity index (χ4v) is 2.52. The van der Waals surface area contributed by atoms with E-state index in [0.29, 0.717) is 23.9 Å². The van der Waals surface area contributed by atoms with Gasteiger partial charge in [0.2, 0.25) is 0 Å². The van der Waals surface area contributed by atoms with E-state index in [4.69, 9.17) is 11.6 Å². The smallest absolute Gasteiger partial charge is 0.308 e. The molecule has 0 saturated carbocycles. The number of aliphatic carboxylic acids is 1. The SMILES string of the molecule is CC(C)CC(CNc1ccnc2cc(Cl)ccc12)C(=O)O. The largest absolute Gasteiger partial charge is 0.481 e. The van der Waals surface area contributed by atoms with Crippen LogP contribution in [0, 0.1) is 11.8 Å². The molecule has 2 rings (SSSR count). The summed E-state index contributed by atoms with van der Waals surface area (Å²) in [5, 5.41) is 14.1. The molecule has 1 heterocycles. The van der Waals surface area contributed by atoms with Crippen molar-refractivity contribution in [2.24, 2.45) is 11.8 Å². The van der Waals surface area contributed by atoms with E-state index in [0.717, 1.165) is 16.6 Å². The maximum absolute atomic E-state index is 11.3. The third-order valence-corrected chi connectivity index (χ3v) is 3.58. The summed E-state index contributed by atoms with van der Waals surface area (Å²) in [6, 6.07) is 7.35. The number of nitrogens with zero attached hydrogens (tertiary/aromatic N) is 1. The van der Waals surface area contributed by atoms with Crippen LogP contribution in [-0.2, 0) is 4.79 Å². The van der Waals surface area contributed by atoms with Crippen molar-refractivity contribution in [2.75, 3.05) is 11.9 Å². The number of benzene rings is 1. The van der Waals surface area contributed by atoms with Crippen molar-refractivity contribution in [2.45, 2.75) is 20.3 Å². The molecule has 2 N–H and O–H groups in total. The topological polar surface area (TPSA) is 62.2 Å². The molecule has 4 nitrogen and oxygen atoms in total. The van der Waals surface area contributed by atoms with Crippen molar-refractivity contribution in [3.8, 4) is 0 Å². The standard InChI is InChI=1S/C16H19ClN2O2/c1-10(2)7-11(16(20)21)9-19-14-5-6-18-15-8-12(17)3-4-13(14)15/h3-6,8,10-11H,7,9H2,1-2H3,(H,18,19)(H,20,21). The van der Waals surface area contributed by atoms with Crippen LogP contribution in [0.4, 0.5) is 5.69 Å². The number of hydrogen-bond acceptors (Lipinski definition) is 3. The van der Waals surface area contributed by atoms with Crippen LogP contribution >= 0.6 is 11.6 Å². The molecule has 5 heteroatoms. The Morgan fingerprint density at radius 1 is 1.38 bits per heavy atom. The molecule has 0 aliphatic heterocycles. The molecule has 1 aromatic heterocycles. The Morgan fingerprint density at radius 2 is 2.14 bits per heavy atom. The van der Waals surface area contributed by atoms with Gasteiger partial charge in [-0.3, -0.25) is 9.78 Å². The fraction of sp³-hybridized carbons (Fsp3) is 0.375. The normalized spacial score (nSPS) is 12.6. The van der Waals surface area contributed by atoms with E-state index in [2.05, 4.69) is 10.3 Å². The van der Waals surface area contributed by atoms with Crippen LogP contribution in [0.2, 0.25) is 5.02 Å². The van der Waals surface area contributed by atoms with Crippen molar-refractivity contribution in [3.05, 3.63) is 35.5 Å². The number of pyridine rings is 1. The summed E-state index contributed by atoms with van der Waals surface area (Å²) in [6.07, 6.45) is 2.34. The lowest BCUT2D eigenvalue weighted by atomic mass is 9.97. The Bertz CT molecular complexity index is 643. The van der Waals surface area contributed by atoms with Gasteiger partial charge in [-0.1, -0.05) is 25.4 Å². The molecule has 0 amide bonds. The molecule has 21 heavy (non-hydrogen) atoms. The summed E-state index contributed by atoms with van der Waals surface area (Å²) >= 11 is 5.96. The second kappa shape index (κ2) is 6.76. The Morgan fingerprint density at radius 3 is 2.81 bits per heavy atom. The van der Waals surface area contributed by atoms with Gasteiger partial charge in [0.1, 0.15) is 0 Å². The second-order valence-electron chi connectivity index (χ2n) is 5.57. The molecular formula is C16H19ClN2O2. The van der Waals surface area contributed by atoms with Crippen LogP contribution in [0.5, 0.6) is 0 Å². The van der Waals surface area contributed by atoms with Gasteiger partial charge in [-0.2, -0.15) is 0 Å². The first-order valence-electron chi connectivity index (χ1n) is 6.98. The first-order valence-corrected chi connectivity index (χ1v) is 7.36. The molecule has 1 unspecified atom stereocenters. The molecule has 1 aromatic carbocycles. The minimum atomic E-state index is -0.766. The van der Waals surface area contributed by atoms with Crippen LogP contribution < -0.4 is 5.32 Å². The number of carboxylic acid groups (broad SMARTS) is 1. The lowest BCUT2D eigenvalue weighted by molar-refractivity contribution is -0.141. The van der Waals surface area contributed by atoms with Gasteiger partial charge in [-0.25, -0.2) is 0 Å². The molecule has 0 fully saturated rings. The van der Waals surface area contributed by atoms with Crippen LogP contribution in [0.15, 0.2) is 30.5 Å². The first kappa shape index (κ1) is 15.6. The van der Waals surface area contributed by atoms with Gasteiger partial charge in [0.15, 0.2) is 0 Å². The summed E-state index contributed by atoms with van der Waals surface area (Å²) in [6.45, 7) is 4.45. The third kappa shape index (κ3) is 4.08. The van der Waals surface area contributed by atoms with E-state index in [-0.39, 0.29) is 0 Å². The van der Waals surface area contributed by atoms with Crippen molar-refractivity contribution in [1.29, 1.82) is 0 Å². The molecule has 0 bridgehead atoms. The lowest BCUT2D eigenvalue weighted by Gasteiger charge is -2.17. The van der Waals surface area contributed by atoms with Gasteiger partial charge in [-0.15, -0.1) is 0 Å². The van der Waals surface area contributed by atoms with Crippen molar-refractivity contribution >= 4 is 34.2 Å². The Labute approximate surface area is 129 Å². The van der Waals surface area contributed by atoms with E-state index in [1.54, 1.807) is 18.3 Å². The van der Waals surface area contributed by atoms with Crippen LogP contribution in [-0.4, -0.2) is 22.6 Å². The maximum atomic E-state index is 11.3. The van der Waals surface area contributed by atoms with Gasteiger partial charge < -0.3 is 10.4 Å². The molecular weight excluding hydrogens is 288 g/mol. The van der Waals surface area contributed by atoms with Gasteiger partial charge in [0.25, 0.3) is 0 Å². The molecule has 0 saturated heterocycles. The zero-order chi connectivity index (χ0) is 15.4. The van der Waals surface area contributed by atoms with E-state index < -0.39 is 11.9 Å². The van der Waals surface area contributed by atoms with Crippen LogP contribution in [0.25, 0.3) is 10.9 Å². The number of aromatic nitrogens is 1. The average molecular weight is 307 g/mol. The number of halogens is 1. The van der Waals surface area contributed by atoms with Crippen LogP contribution in [0.3, 0.4) is 0 Å². The highest BCUT2D eigenvalue weighted by molar-refractivity contribution is 6.31. The zero-order valence-electron chi connectivity index (χ0n) is 12.1. The molecule has 112 valence electrons. The molecule has 1 atom stereocenters. The first-order chi connectivity index (χ1) is 9.97. The van der Waals surface area contributed by atoms with Gasteiger partial charge in [-0.05, 0) is 36.6 Å². The number of rotatable bonds is 6. The summed E-state index contributed by atoms with van der Waals surface area (Å²) in [5.74, 6) is -0.820. The van der Waals surface area contributed by atoms with Gasteiger partial charge >= 0.3 is 5.97 Å². The van der Waals surface area contributed by atoms with E-state index in [9.17, 15) is 9.90 Å². The molecule has 0 radical (unpaired) electrons. The quantitative estimate of drug-likeness (QED) is 0.845. The fourth-order valence-electron chi connectivity index (χ4n) is 2.35. The number of nitrogens with one attached hydrogen (secondary N) is 1. The lowest BCUT2D eigenvalue weighted by Crippen LogP contribution is -2.24. The number of fused-ring (bicyclic) bond motifs is 1. The highest BCUT2D eigenvalue weighted by Gasteiger charge is 2.18. The minimum Gasteiger partial charge on any atom is -0.481 e. The van der Waals surface area contributed by atoms with Crippen LogP contribution in [0.1, 0.15) is 20.3 Å². The number of hydrogen-bond donors (Lipinski definition) is 2. The third-order valence-electron chi connectivity index (χ3n) is 3.35. The molecule has 2 aromatic rings. The monoisotopic (exact) mass is 306 g/mol. The van der Waals surface area contributed by atoms with Gasteiger partial charge in [0, 0.05) is 28.8 Å². The molecule has 0 aliphatic rings. The van der Waals surface area contributed by atoms with E-state index >= 15 is 0 Å². The van der Waals surface area contributed by atoms with Crippen molar-refractivity contribution in [1.82, 2.24) is 4.98 Å². The zero-order valence-corrected chi connectivity index (χ0v) is 12.9. The van der Waals surface area contributed by atoms with E-state index in [1.165, 1.54) is 0 Å². The minimum absolute atomic E-state index is 0.348. The maximum Gasteiger partial charge on any atom is 0.308 e. The Hall–Kier alpha value is -1.81. The van der Waals surface area contributed by atoms with E-state index in [1.807, 2.05) is 26.0 Å². The van der Waals surface area contributed by atoms with Gasteiger partial charge in [0.05, 0.1) is 11.4 Å². The summed E-state index contributed by atoms with van der Waals surface area (Å²) in [4.78, 5) is 15.6. The number of carboxylic acids is 1. The highest BCUT2D eigenvalue weighted by atomic mass is 35.5.